The number of nitro benzene ring substituents is 3. The van der Waals surface area contributed by atoms with Crippen LogP contribution in [0.5, 0.6) is 0 Å². The first-order valence-corrected chi connectivity index (χ1v) is 12.1. The fourth-order valence-electron chi connectivity index (χ4n) is 3.90. The lowest BCUT2D eigenvalue weighted by Gasteiger charge is -2.17. The lowest BCUT2D eigenvalue weighted by Crippen LogP contribution is -2.42. The Morgan fingerprint density at radius 2 is 1.48 bits per heavy atom. The molecule has 0 saturated carbocycles. The van der Waals surface area contributed by atoms with E-state index in [4.69, 9.17) is 0 Å². The summed E-state index contributed by atoms with van der Waals surface area (Å²) in [5.41, 5.74) is -3.03. The molecule has 1 atom stereocenters. The van der Waals surface area contributed by atoms with E-state index in [2.05, 4.69) is 15.4 Å². The highest BCUT2D eigenvalue weighted by Crippen LogP contribution is 2.37. The number of nitro groups is 3. The SMILES string of the molecule is COC(=O)C(CCCCNC(=O)c1cc([N+](=O)[O-])c(N(C)C)c([N+](=O)[O-])c1)NC(=O)c1cc(B(O)O)cc([N+](=O)[O-])c1. The number of esters is 1. The number of nitrogens with zero attached hydrogens (tertiary/aromatic N) is 4. The van der Waals surface area contributed by atoms with Gasteiger partial charge in [0.2, 0.25) is 0 Å². The van der Waals surface area contributed by atoms with Crippen LogP contribution in [0, 0.1) is 30.3 Å². The molecule has 0 saturated heterocycles. The summed E-state index contributed by atoms with van der Waals surface area (Å²) in [6.07, 6.45) is 0.482. The number of ether oxygens (including phenoxy) is 1. The Bertz CT molecular complexity index is 1360. The normalized spacial score (nSPS) is 11.2. The second-order valence-corrected chi connectivity index (χ2v) is 9.02. The fraction of sp³-hybridized carbons (Fsp3) is 0.348. The molecular weight excluding hydrogens is 563 g/mol. The molecule has 2 rings (SSSR count). The number of carbonyl (C=O) groups excluding carboxylic acids is 3. The van der Waals surface area contributed by atoms with E-state index >= 15 is 0 Å². The van der Waals surface area contributed by atoms with Crippen molar-refractivity contribution in [2.24, 2.45) is 0 Å². The Hall–Kier alpha value is -5.17. The molecule has 0 aliphatic rings. The Labute approximate surface area is 237 Å². The molecule has 4 N–H and O–H groups in total. The van der Waals surface area contributed by atoms with Crippen LogP contribution in [0.3, 0.4) is 0 Å². The van der Waals surface area contributed by atoms with Crippen molar-refractivity contribution in [3.05, 3.63) is 71.8 Å². The lowest BCUT2D eigenvalue weighted by atomic mass is 9.79. The number of non-ortho nitro benzene ring substituents is 1. The number of hydrogen-bond acceptors (Lipinski definition) is 13. The van der Waals surface area contributed by atoms with E-state index < -0.39 is 62.8 Å². The molecule has 0 bridgehead atoms. The maximum atomic E-state index is 12.7. The van der Waals surface area contributed by atoms with Gasteiger partial charge in [0.15, 0.2) is 5.69 Å². The third-order valence-electron chi connectivity index (χ3n) is 5.88. The molecule has 0 spiro atoms. The number of rotatable bonds is 14. The van der Waals surface area contributed by atoms with Gasteiger partial charge in [0.1, 0.15) is 6.04 Å². The quantitative estimate of drug-likeness (QED) is 0.0745. The lowest BCUT2D eigenvalue weighted by molar-refractivity contribution is -0.392. The summed E-state index contributed by atoms with van der Waals surface area (Å²) in [6, 6.07) is 3.43. The third kappa shape index (κ3) is 8.42. The van der Waals surface area contributed by atoms with E-state index in [1.807, 2.05) is 0 Å². The summed E-state index contributed by atoms with van der Waals surface area (Å²) < 4.78 is 4.69. The van der Waals surface area contributed by atoms with Gasteiger partial charge in [-0.15, -0.1) is 0 Å². The van der Waals surface area contributed by atoms with E-state index in [9.17, 15) is 54.8 Å². The predicted molar refractivity (Wildman–Crippen MR) is 146 cm³/mol. The molecule has 0 radical (unpaired) electrons. The standard InChI is InChI=1S/C23H27BN6O12/c1-27(2)20-18(29(38)39)10-14(11-19(20)30(40)41)21(31)25-7-5-4-6-17(23(33)42-3)26-22(32)13-8-15(24(34)35)12-16(9-13)28(36)37/h8-12,17,34-35H,4-7H2,1-3H3,(H,25,31)(H,26,32). The van der Waals surface area contributed by atoms with Crippen molar-refractivity contribution < 1.29 is 43.9 Å². The number of carbonyl (C=O) groups is 3. The van der Waals surface area contributed by atoms with Crippen LogP contribution in [0.1, 0.15) is 40.0 Å². The zero-order chi connectivity index (χ0) is 31.7. The Morgan fingerprint density at radius 3 is 1.95 bits per heavy atom. The molecule has 0 heterocycles. The first-order chi connectivity index (χ1) is 19.7. The first-order valence-electron chi connectivity index (χ1n) is 12.1. The van der Waals surface area contributed by atoms with E-state index in [0.29, 0.717) is 0 Å². The topological polar surface area (TPSA) is 258 Å². The maximum Gasteiger partial charge on any atom is 0.488 e. The molecule has 18 nitrogen and oxygen atoms in total. The Kier molecular flexibility index (Phi) is 11.4. The molecule has 2 aromatic carbocycles. The number of anilines is 1. The molecule has 0 fully saturated rings. The van der Waals surface area contributed by atoms with Gasteiger partial charge in [-0.2, -0.15) is 0 Å². The number of benzene rings is 2. The molecular formula is C23H27BN6O12. The van der Waals surface area contributed by atoms with E-state index in [1.54, 1.807) is 0 Å². The molecule has 0 aliphatic heterocycles. The van der Waals surface area contributed by atoms with Gasteiger partial charge in [0.05, 0.1) is 27.4 Å². The van der Waals surface area contributed by atoms with Crippen molar-refractivity contribution in [2.75, 3.05) is 32.6 Å². The molecule has 0 aromatic heterocycles. The van der Waals surface area contributed by atoms with E-state index in [-0.39, 0.29) is 48.1 Å². The minimum Gasteiger partial charge on any atom is -0.467 e. The molecule has 224 valence electrons. The number of unbranched alkanes of at least 4 members (excludes halogenated alkanes) is 1. The Balaban J connectivity index is 2.07. The smallest absolute Gasteiger partial charge is 0.467 e. The van der Waals surface area contributed by atoms with Crippen molar-refractivity contribution in [2.45, 2.75) is 25.3 Å². The number of amides is 2. The summed E-state index contributed by atoms with van der Waals surface area (Å²) >= 11 is 0. The van der Waals surface area contributed by atoms with Crippen molar-refractivity contribution >= 4 is 53.1 Å². The van der Waals surface area contributed by atoms with Crippen LogP contribution in [0.4, 0.5) is 22.7 Å². The van der Waals surface area contributed by atoms with Gasteiger partial charge in [-0.3, -0.25) is 39.9 Å². The van der Waals surface area contributed by atoms with Gasteiger partial charge in [0, 0.05) is 50.5 Å². The largest absolute Gasteiger partial charge is 0.488 e. The second kappa shape index (κ2) is 14.5. The van der Waals surface area contributed by atoms with E-state index in [1.165, 1.54) is 19.0 Å². The number of nitrogens with one attached hydrogen (secondary N) is 2. The molecule has 2 amide bonds. The summed E-state index contributed by atoms with van der Waals surface area (Å²) in [4.78, 5) is 70.4. The van der Waals surface area contributed by atoms with Gasteiger partial charge in [-0.1, -0.05) is 0 Å². The highest BCUT2D eigenvalue weighted by molar-refractivity contribution is 6.58. The summed E-state index contributed by atoms with van der Waals surface area (Å²) in [5.74, 6) is -2.56. The van der Waals surface area contributed by atoms with Gasteiger partial charge >= 0.3 is 13.1 Å². The van der Waals surface area contributed by atoms with Crippen molar-refractivity contribution in [1.29, 1.82) is 0 Å². The Morgan fingerprint density at radius 1 is 0.905 bits per heavy atom. The van der Waals surface area contributed by atoms with Crippen molar-refractivity contribution in [3.8, 4) is 0 Å². The van der Waals surface area contributed by atoms with E-state index in [0.717, 1.165) is 37.4 Å². The van der Waals surface area contributed by atoms with Crippen LogP contribution >= 0.6 is 0 Å². The maximum absolute atomic E-state index is 12.7. The molecule has 0 aliphatic carbocycles. The minimum atomic E-state index is -2.09. The molecule has 2 aromatic rings. The third-order valence-corrected chi connectivity index (χ3v) is 5.88. The summed E-state index contributed by atoms with van der Waals surface area (Å²) in [6.45, 7) is 0.000325. The highest BCUT2D eigenvalue weighted by Gasteiger charge is 2.30. The predicted octanol–water partition coefficient (Wildman–Crippen LogP) is 0.0287. The summed E-state index contributed by atoms with van der Waals surface area (Å²) in [5, 5.41) is 57.7. The van der Waals surface area contributed by atoms with Crippen LogP contribution in [0.25, 0.3) is 0 Å². The van der Waals surface area contributed by atoms with Crippen LogP contribution < -0.4 is 21.0 Å². The van der Waals surface area contributed by atoms with Crippen LogP contribution in [-0.2, 0) is 9.53 Å². The average molecular weight is 590 g/mol. The number of hydrogen-bond donors (Lipinski definition) is 4. The fourth-order valence-corrected chi connectivity index (χ4v) is 3.90. The highest BCUT2D eigenvalue weighted by atomic mass is 16.6. The van der Waals surface area contributed by atoms with Crippen LogP contribution in [-0.4, -0.2) is 83.5 Å². The average Bonchev–Trinajstić information content (AvgIpc) is 2.94. The second-order valence-electron chi connectivity index (χ2n) is 9.02. The molecule has 42 heavy (non-hydrogen) atoms. The zero-order valence-corrected chi connectivity index (χ0v) is 22.6. The van der Waals surface area contributed by atoms with Gasteiger partial charge in [-0.05, 0) is 30.8 Å². The van der Waals surface area contributed by atoms with Gasteiger partial charge in [0.25, 0.3) is 28.9 Å². The van der Waals surface area contributed by atoms with Crippen LogP contribution in [0.2, 0.25) is 0 Å². The molecule has 1 unspecified atom stereocenters. The van der Waals surface area contributed by atoms with Crippen molar-refractivity contribution in [3.63, 3.8) is 0 Å². The van der Waals surface area contributed by atoms with Gasteiger partial charge in [-0.25, -0.2) is 4.79 Å². The summed E-state index contributed by atoms with van der Waals surface area (Å²) in [7, 11) is 1.76. The van der Waals surface area contributed by atoms with Gasteiger partial charge < -0.3 is 30.3 Å². The van der Waals surface area contributed by atoms with Crippen molar-refractivity contribution in [1.82, 2.24) is 10.6 Å². The minimum absolute atomic E-state index is 0.000325. The molecule has 19 heteroatoms. The monoisotopic (exact) mass is 590 g/mol. The first kappa shape index (κ1) is 33.0. The number of methoxy groups -OCH3 is 1. The van der Waals surface area contributed by atoms with Crippen LogP contribution in [0.15, 0.2) is 30.3 Å². The zero-order valence-electron chi connectivity index (χ0n) is 22.6.